The Labute approximate surface area is 111 Å². The first-order valence-electron chi connectivity index (χ1n) is 6.46. The van der Waals surface area contributed by atoms with Crippen molar-refractivity contribution in [3.8, 4) is 0 Å². The molecule has 0 spiro atoms. The van der Waals surface area contributed by atoms with Gasteiger partial charge in [0.05, 0.1) is 5.69 Å². The van der Waals surface area contributed by atoms with Gasteiger partial charge in [-0.1, -0.05) is 36.4 Å². The average molecular weight is 247 g/mol. The molecule has 1 aliphatic carbocycles. The molecule has 1 N–H and O–H groups in total. The number of hydrogen-bond donors (Lipinski definition) is 1. The van der Waals surface area contributed by atoms with E-state index in [4.69, 9.17) is 4.42 Å². The summed E-state index contributed by atoms with van der Waals surface area (Å²) in [5, 5.41) is 4.43. The minimum Gasteiger partial charge on any atom is -0.454 e. The predicted molar refractivity (Wildman–Crippen MR) is 78.8 cm³/mol. The van der Waals surface area contributed by atoms with E-state index in [9.17, 15) is 0 Å². The third-order valence-corrected chi connectivity index (χ3v) is 3.50. The van der Waals surface area contributed by atoms with Crippen molar-refractivity contribution in [2.24, 2.45) is 0 Å². The summed E-state index contributed by atoms with van der Waals surface area (Å²) in [6.07, 6.45) is 13.7. The lowest BCUT2D eigenvalue weighted by atomic mass is 9.98. The molecule has 4 rings (SSSR count). The molecule has 0 amide bonds. The second-order valence-electron chi connectivity index (χ2n) is 4.69. The maximum absolute atomic E-state index is 6.02. The molecule has 92 valence electrons. The van der Waals surface area contributed by atoms with Gasteiger partial charge >= 0.3 is 0 Å². The summed E-state index contributed by atoms with van der Waals surface area (Å²) in [6.45, 7) is 0. The SMILES string of the molecule is C1=CC(=C2C=CNc3c2oc2ccccc32)C=CC1. The molecule has 0 atom stereocenters. The van der Waals surface area contributed by atoms with Crippen molar-refractivity contribution in [3.05, 3.63) is 72.2 Å². The number of rotatable bonds is 0. The molecular weight excluding hydrogens is 234 g/mol. The van der Waals surface area contributed by atoms with Crippen LogP contribution in [0.4, 0.5) is 5.69 Å². The Bertz CT molecular complexity index is 758. The van der Waals surface area contributed by atoms with Gasteiger partial charge in [-0.05, 0) is 30.2 Å². The number of para-hydroxylation sites is 1. The second-order valence-corrected chi connectivity index (χ2v) is 4.69. The molecule has 1 aromatic carbocycles. The molecule has 2 aliphatic rings. The van der Waals surface area contributed by atoms with E-state index in [0.29, 0.717) is 0 Å². The van der Waals surface area contributed by atoms with Crippen molar-refractivity contribution in [3.63, 3.8) is 0 Å². The normalized spacial score (nSPS) is 16.8. The van der Waals surface area contributed by atoms with E-state index in [-0.39, 0.29) is 0 Å². The number of fused-ring (bicyclic) bond motifs is 3. The number of nitrogens with one attached hydrogen (secondary N) is 1. The molecular formula is C17H13NO. The first-order valence-corrected chi connectivity index (χ1v) is 6.46. The Kier molecular flexibility index (Phi) is 2.21. The smallest absolute Gasteiger partial charge is 0.159 e. The summed E-state index contributed by atoms with van der Waals surface area (Å²) in [4.78, 5) is 0. The van der Waals surface area contributed by atoms with E-state index < -0.39 is 0 Å². The lowest BCUT2D eigenvalue weighted by Crippen LogP contribution is -1.98. The van der Waals surface area contributed by atoms with Crippen molar-refractivity contribution >= 4 is 22.2 Å². The quantitative estimate of drug-likeness (QED) is 0.733. The Morgan fingerprint density at radius 2 is 1.84 bits per heavy atom. The Morgan fingerprint density at radius 3 is 2.74 bits per heavy atom. The highest BCUT2D eigenvalue weighted by Gasteiger charge is 2.20. The topological polar surface area (TPSA) is 25.2 Å². The number of allylic oxidation sites excluding steroid dienone is 7. The molecule has 0 bridgehead atoms. The van der Waals surface area contributed by atoms with Gasteiger partial charge in [-0.2, -0.15) is 0 Å². The fourth-order valence-electron chi connectivity index (χ4n) is 2.59. The van der Waals surface area contributed by atoms with Crippen LogP contribution in [0, 0.1) is 0 Å². The molecule has 19 heavy (non-hydrogen) atoms. The minimum atomic E-state index is 0.922. The standard InChI is InChI=1S/C17H13NO/c1-2-6-12(7-3-1)13-10-11-18-16-14-8-4-5-9-15(14)19-17(13)16/h2-11,18H,1H2. The van der Waals surface area contributed by atoms with Crippen LogP contribution >= 0.6 is 0 Å². The number of hydrogen-bond acceptors (Lipinski definition) is 2. The minimum absolute atomic E-state index is 0.922. The lowest BCUT2D eigenvalue weighted by Gasteiger charge is -2.13. The molecule has 0 unspecified atom stereocenters. The zero-order chi connectivity index (χ0) is 12.7. The van der Waals surface area contributed by atoms with E-state index in [1.165, 1.54) is 5.57 Å². The van der Waals surface area contributed by atoms with Crippen LogP contribution in [0.3, 0.4) is 0 Å². The van der Waals surface area contributed by atoms with E-state index >= 15 is 0 Å². The van der Waals surface area contributed by atoms with Crippen LogP contribution in [-0.2, 0) is 0 Å². The van der Waals surface area contributed by atoms with Crippen LogP contribution in [0.5, 0.6) is 0 Å². The van der Waals surface area contributed by atoms with Crippen molar-refractivity contribution in [1.29, 1.82) is 0 Å². The summed E-state index contributed by atoms with van der Waals surface area (Å²) < 4.78 is 6.02. The number of furan rings is 1. The first kappa shape index (κ1) is 10.4. The van der Waals surface area contributed by atoms with Crippen molar-refractivity contribution in [1.82, 2.24) is 0 Å². The third kappa shape index (κ3) is 1.57. The average Bonchev–Trinajstić information content (AvgIpc) is 2.87. The van der Waals surface area contributed by atoms with Crippen molar-refractivity contribution in [2.45, 2.75) is 6.42 Å². The fourth-order valence-corrected chi connectivity index (χ4v) is 2.59. The molecule has 0 radical (unpaired) electrons. The monoisotopic (exact) mass is 247 g/mol. The zero-order valence-electron chi connectivity index (χ0n) is 10.4. The lowest BCUT2D eigenvalue weighted by molar-refractivity contribution is 0.601. The second kappa shape index (κ2) is 4.02. The molecule has 2 aromatic rings. The van der Waals surface area contributed by atoms with Crippen LogP contribution in [0.1, 0.15) is 12.2 Å². The molecule has 2 heterocycles. The van der Waals surface area contributed by atoms with Gasteiger partial charge in [-0.25, -0.2) is 0 Å². The number of benzene rings is 1. The zero-order valence-corrected chi connectivity index (χ0v) is 10.4. The molecule has 1 aliphatic heterocycles. The molecule has 0 fully saturated rings. The largest absolute Gasteiger partial charge is 0.454 e. The van der Waals surface area contributed by atoms with E-state index in [2.05, 4.69) is 41.8 Å². The fraction of sp³-hybridized carbons (Fsp3) is 0.0588. The summed E-state index contributed by atoms with van der Waals surface area (Å²) in [6, 6.07) is 8.12. The van der Waals surface area contributed by atoms with Crippen LogP contribution in [0.25, 0.3) is 16.5 Å². The van der Waals surface area contributed by atoms with Gasteiger partial charge in [0.25, 0.3) is 0 Å². The van der Waals surface area contributed by atoms with Gasteiger partial charge in [-0.15, -0.1) is 0 Å². The molecule has 0 saturated carbocycles. The van der Waals surface area contributed by atoms with Gasteiger partial charge in [0.1, 0.15) is 5.58 Å². The predicted octanol–water partition coefficient (Wildman–Crippen LogP) is 4.64. The Hall–Kier alpha value is -2.48. The van der Waals surface area contributed by atoms with E-state index in [1.807, 2.05) is 24.4 Å². The highest BCUT2D eigenvalue weighted by molar-refractivity contribution is 6.01. The molecule has 0 saturated heterocycles. The Morgan fingerprint density at radius 1 is 1.00 bits per heavy atom. The van der Waals surface area contributed by atoms with E-state index in [0.717, 1.165) is 34.4 Å². The van der Waals surface area contributed by atoms with Gasteiger partial charge in [-0.3, -0.25) is 0 Å². The third-order valence-electron chi connectivity index (χ3n) is 3.50. The van der Waals surface area contributed by atoms with Gasteiger partial charge in [0.2, 0.25) is 0 Å². The number of anilines is 1. The highest BCUT2D eigenvalue weighted by Crippen LogP contribution is 2.39. The summed E-state index contributed by atoms with van der Waals surface area (Å²) in [5.41, 5.74) is 4.32. The van der Waals surface area contributed by atoms with Crippen molar-refractivity contribution in [2.75, 3.05) is 5.32 Å². The molecule has 1 aromatic heterocycles. The summed E-state index contributed by atoms with van der Waals surface area (Å²) >= 11 is 0. The van der Waals surface area contributed by atoms with Crippen LogP contribution in [0.15, 0.2) is 70.8 Å². The van der Waals surface area contributed by atoms with Gasteiger partial charge in [0, 0.05) is 17.2 Å². The van der Waals surface area contributed by atoms with Crippen LogP contribution < -0.4 is 5.32 Å². The van der Waals surface area contributed by atoms with E-state index in [1.54, 1.807) is 0 Å². The van der Waals surface area contributed by atoms with Gasteiger partial charge in [0.15, 0.2) is 5.76 Å². The summed E-state index contributed by atoms with van der Waals surface area (Å²) in [5.74, 6) is 0.926. The molecule has 2 heteroatoms. The van der Waals surface area contributed by atoms with Gasteiger partial charge < -0.3 is 9.73 Å². The van der Waals surface area contributed by atoms with Crippen LogP contribution in [-0.4, -0.2) is 0 Å². The molecule has 2 nitrogen and oxygen atoms in total. The Balaban J connectivity index is 2.01. The first-order chi connectivity index (χ1) is 9.43. The highest BCUT2D eigenvalue weighted by atomic mass is 16.3. The maximum atomic E-state index is 6.02. The maximum Gasteiger partial charge on any atom is 0.159 e. The summed E-state index contributed by atoms with van der Waals surface area (Å²) in [7, 11) is 0. The van der Waals surface area contributed by atoms with Crippen LogP contribution in [0.2, 0.25) is 0 Å². The van der Waals surface area contributed by atoms with Crippen molar-refractivity contribution < 1.29 is 4.42 Å².